The average Bonchev–Trinajstić information content (AvgIpc) is 2.53. The van der Waals surface area contributed by atoms with Crippen molar-refractivity contribution in [1.82, 2.24) is 0 Å². The first kappa shape index (κ1) is 38.8. The van der Waals surface area contributed by atoms with Crippen LogP contribution in [0.1, 0.15) is 27.2 Å². The van der Waals surface area contributed by atoms with Crippen molar-refractivity contribution in [3.8, 4) is 0 Å². The standard InChI is InChI=1S/2C4H10NO.C3H7O.C2H6N.C2H6O.Ti/c2*1-2-5-3-4-6;1-2-3-4;1-3-2;1-2-3;/h2*6H,2-4H2,1H3;4H,1-3H2;1-2H3;3H,2H2,1H3;/q4*-1;;+4. The van der Waals surface area contributed by atoms with Crippen LogP contribution in [0.5, 0.6) is 0 Å². The third-order valence-electron chi connectivity index (χ3n) is 1.12. The maximum Gasteiger partial charge on any atom is 4.00 e. The molecule has 0 aromatic heterocycles. The maximum atomic E-state index is 8.10. The smallest absolute Gasteiger partial charge is 0.668 e. The van der Waals surface area contributed by atoms with Crippen molar-refractivity contribution in [2.75, 3.05) is 66.7 Å². The molecule has 0 aliphatic rings. The Balaban J connectivity index is -0.0000000402. The van der Waals surface area contributed by atoms with Gasteiger partial charge in [-0.2, -0.15) is 33.6 Å². The van der Waals surface area contributed by atoms with E-state index < -0.39 is 0 Å². The molecule has 142 valence electrons. The zero-order valence-corrected chi connectivity index (χ0v) is 17.3. The quantitative estimate of drug-likeness (QED) is 0.307. The van der Waals surface area contributed by atoms with Gasteiger partial charge in [0.25, 0.3) is 0 Å². The SMILES string of the molecule is CCO.CC[N-]CCO.CC[N-]CCO.C[N-]C.[CH2-]CCO.[Ti+4]. The fourth-order valence-electron chi connectivity index (χ4n) is 0.458. The number of nitrogens with zero attached hydrogens (tertiary/aromatic N) is 3. The fraction of sp³-hybridized carbons (Fsp3) is 0.933. The molecule has 0 fully saturated rings. The van der Waals surface area contributed by atoms with Crippen molar-refractivity contribution in [2.24, 2.45) is 0 Å². The van der Waals surface area contributed by atoms with Crippen LogP contribution < -0.4 is 0 Å². The van der Waals surface area contributed by atoms with Gasteiger partial charge in [0, 0.05) is 26.4 Å². The molecule has 0 saturated heterocycles. The van der Waals surface area contributed by atoms with E-state index in [1.807, 2.05) is 13.8 Å². The predicted octanol–water partition coefficient (Wildman–Crippen LogP) is 1.56. The molecule has 0 amide bonds. The van der Waals surface area contributed by atoms with Crippen molar-refractivity contribution in [1.29, 1.82) is 0 Å². The Hall–Kier alpha value is 0.434. The van der Waals surface area contributed by atoms with Gasteiger partial charge in [-0.3, -0.25) is 0 Å². The minimum atomic E-state index is 0. The van der Waals surface area contributed by atoms with Gasteiger partial charge < -0.3 is 43.3 Å². The summed E-state index contributed by atoms with van der Waals surface area (Å²) in [5.74, 6) is 0. The number of hydrogen-bond acceptors (Lipinski definition) is 4. The van der Waals surface area contributed by atoms with Gasteiger partial charge >= 0.3 is 21.7 Å². The van der Waals surface area contributed by atoms with Gasteiger partial charge in [0.15, 0.2) is 0 Å². The summed E-state index contributed by atoms with van der Waals surface area (Å²) in [4.78, 5) is 0. The first-order chi connectivity index (χ1) is 10.6. The van der Waals surface area contributed by atoms with E-state index in [0.29, 0.717) is 19.5 Å². The van der Waals surface area contributed by atoms with Crippen LogP contribution in [0.3, 0.4) is 0 Å². The van der Waals surface area contributed by atoms with Crippen molar-refractivity contribution < 1.29 is 42.1 Å². The molecule has 0 radical (unpaired) electrons. The number of aliphatic hydroxyl groups excluding tert-OH is 4. The Morgan fingerprint density at radius 2 is 0.957 bits per heavy atom. The molecule has 0 aliphatic heterocycles. The van der Waals surface area contributed by atoms with Gasteiger partial charge in [-0.15, -0.1) is 13.1 Å². The van der Waals surface area contributed by atoms with Crippen LogP contribution in [0.25, 0.3) is 16.0 Å². The van der Waals surface area contributed by atoms with Crippen LogP contribution in [-0.4, -0.2) is 87.1 Å². The normalized spacial score (nSPS) is 7.57. The van der Waals surface area contributed by atoms with E-state index in [0.717, 1.165) is 13.1 Å². The molecule has 4 N–H and O–H groups in total. The number of aliphatic hydroxyl groups is 4. The molecule has 8 heteroatoms. The molecule has 0 unspecified atom stereocenters. The molecule has 0 heterocycles. The van der Waals surface area contributed by atoms with Crippen LogP contribution in [0.4, 0.5) is 0 Å². The van der Waals surface area contributed by atoms with Crippen LogP contribution in [-0.2, 0) is 21.7 Å². The van der Waals surface area contributed by atoms with E-state index in [4.69, 9.17) is 20.4 Å². The summed E-state index contributed by atoms with van der Waals surface area (Å²) in [5, 5.41) is 42.8. The largest absolute Gasteiger partial charge is 4.00 e. The molecule has 0 aliphatic carbocycles. The molecule has 7 nitrogen and oxygen atoms in total. The monoisotopic (exact) mass is 373 g/mol. The first-order valence-corrected chi connectivity index (χ1v) is 7.55. The van der Waals surface area contributed by atoms with Gasteiger partial charge in [-0.05, 0) is 6.92 Å². The van der Waals surface area contributed by atoms with Gasteiger partial charge in [0.1, 0.15) is 0 Å². The molecular formula is C15H39N3O4Ti. The molecule has 0 bridgehead atoms. The molecule has 0 spiro atoms. The molecule has 0 aromatic rings. The van der Waals surface area contributed by atoms with E-state index >= 15 is 0 Å². The second-order valence-electron chi connectivity index (χ2n) is 3.31. The van der Waals surface area contributed by atoms with Gasteiger partial charge in [0.2, 0.25) is 0 Å². The molecule has 23 heavy (non-hydrogen) atoms. The van der Waals surface area contributed by atoms with Crippen molar-refractivity contribution in [3.05, 3.63) is 22.9 Å². The summed E-state index contributed by atoms with van der Waals surface area (Å²) in [6, 6.07) is 0. The minimum absolute atomic E-state index is 0. The average molecular weight is 373 g/mol. The Bertz CT molecular complexity index is 98.7. The van der Waals surface area contributed by atoms with Crippen molar-refractivity contribution in [3.63, 3.8) is 0 Å². The Morgan fingerprint density at radius 1 is 0.739 bits per heavy atom. The second kappa shape index (κ2) is 66.7. The van der Waals surface area contributed by atoms with E-state index in [2.05, 4.69) is 22.9 Å². The molecular weight excluding hydrogens is 334 g/mol. The topological polar surface area (TPSA) is 123 Å². The predicted molar refractivity (Wildman–Crippen MR) is 96.7 cm³/mol. The summed E-state index contributed by atoms with van der Waals surface area (Å²) >= 11 is 0. The van der Waals surface area contributed by atoms with Crippen LogP contribution >= 0.6 is 0 Å². The third kappa shape index (κ3) is 169. The minimum Gasteiger partial charge on any atom is -0.668 e. The van der Waals surface area contributed by atoms with Crippen LogP contribution in [0, 0.1) is 6.92 Å². The summed E-state index contributed by atoms with van der Waals surface area (Å²) in [7, 11) is 3.50. The summed E-state index contributed by atoms with van der Waals surface area (Å²) in [5.41, 5.74) is 0. The summed E-state index contributed by atoms with van der Waals surface area (Å²) < 4.78 is 0. The summed E-state index contributed by atoms with van der Waals surface area (Å²) in [6.07, 6.45) is 0.625. The number of hydrogen-bond donors (Lipinski definition) is 4. The Kier molecular flexibility index (Phi) is 112. The van der Waals surface area contributed by atoms with E-state index in [-0.39, 0.29) is 48.1 Å². The molecule has 0 atom stereocenters. The van der Waals surface area contributed by atoms with Crippen LogP contribution in [0.15, 0.2) is 0 Å². The van der Waals surface area contributed by atoms with Gasteiger partial charge in [-0.25, -0.2) is 0 Å². The van der Waals surface area contributed by atoms with E-state index in [9.17, 15) is 0 Å². The van der Waals surface area contributed by atoms with E-state index in [1.54, 1.807) is 21.0 Å². The Labute approximate surface area is 159 Å². The number of rotatable bonds is 7. The maximum absolute atomic E-state index is 8.10. The van der Waals surface area contributed by atoms with Gasteiger partial charge in [0.05, 0.1) is 0 Å². The fourth-order valence-corrected chi connectivity index (χ4v) is 0.458. The number of likely N-dealkylation sites (N-methyl/N-ethyl adjacent to an activating group) is 2. The Morgan fingerprint density at radius 3 is 1.00 bits per heavy atom. The van der Waals surface area contributed by atoms with Crippen molar-refractivity contribution >= 4 is 0 Å². The molecule has 0 aromatic carbocycles. The zero-order valence-electron chi connectivity index (χ0n) is 15.7. The van der Waals surface area contributed by atoms with Gasteiger partial charge in [-0.1, -0.05) is 13.8 Å². The zero-order chi connectivity index (χ0) is 18.5. The summed E-state index contributed by atoms with van der Waals surface area (Å²) in [6.45, 7) is 12.6. The third-order valence-corrected chi connectivity index (χ3v) is 1.12. The molecule has 0 saturated carbocycles. The van der Waals surface area contributed by atoms with Crippen molar-refractivity contribution in [2.45, 2.75) is 27.2 Å². The van der Waals surface area contributed by atoms with Crippen LogP contribution in [0.2, 0.25) is 0 Å². The molecule has 0 rings (SSSR count). The first-order valence-electron chi connectivity index (χ1n) is 7.55. The van der Waals surface area contributed by atoms with E-state index in [1.165, 1.54) is 0 Å². The second-order valence-corrected chi connectivity index (χ2v) is 3.31.